The van der Waals surface area contributed by atoms with Crippen LogP contribution in [0, 0.1) is 0 Å². The number of aromatic nitrogens is 1. The zero-order chi connectivity index (χ0) is 10.2. The Morgan fingerprint density at radius 3 is 2.00 bits per heavy atom. The first-order valence-corrected chi connectivity index (χ1v) is 4.39. The Bertz CT molecular complexity index is 382. The molecule has 0 aromatic carbocycles. The zero-order valence-corrected chi connectivity index (χ0v) is 9.34. The maximum Gasteiger partial charge on any atom is 0.356 e. The van der Waals surface area contributed by atoms with Gasteiger partial charge < -0.3 is 10.6 Å². The van der Waals surface area contributed by atoms with Crippen molar-refractivity contribution in [2.75, 3.05) is 0 Å². The number of hydrogen-bond acceptors (Lipinski definition) is 2. The maximum absolute atomic E-state index is 10.5. The summed E-state index contributed by atoms with van der Waals surface area (Å²) in [5.41, 5.74) is -0.416. The molecular weight excluding hydrogens is 276 g/mol. The van der Waals surface area contributed by atoms with Crippen LogP contribution in [-0.2, 0) is 0 Å². The van der Waals surface area contributed by atoms with E-state index in [1.807, 2.05) is 0 Å². The molecule has 0 aliphatic carbocycles. The molecule has 1 rings (SSSR count). The lowest BCUT2D eigenvalue weighted by molar-refractivity contribution is 0.0690. The second-order valence-electron chi connectivity index (χ2n) is 2.00. The normalized spacial score (nSPS) is 9.43. The zero-order valence-electron chi connectivity index (χ0n) is 6.31. The van der Waals surface area contributed by atoms with Crippen LogP contribution in [0.1, 0.15) is 10.5 Å². The molecule has 1 aromatic rings. The molecule has 0 aliphatic heterocycles. The Labute approximate surface area is 98.7 Å². The lowest BCUT2D eigenvalue weighted by Crippen LogP contribution is -2.02. The summed E-state index contributed by atoms with van der Waals surface area (Å²) in [4.78, 5) is 14.0. The molecule has 14 heavy (non-hydrogen) atoms. The van der Waals surface area contributed by atoms with Gasteiger partial charge in [0.1, 0.15) is 5.15 Å². The number of rotatable bonds is 1. The molecule has 1 heterocycles. The number of pyridine rings is 1. The molecule has 0 unspecified atom stereocenters. The molecule has 0 atom stereocenters. The number of nitrogens with zero attached hydrogens (tertiary/aromatic N) is 1. The quantitative estimate of drug-likeness (QED) is 0.802. The Hall–Kier alpha value is -0.260. The summed E-state index contributed by atoms with van der Waals surface area (Å²) in [5.74, 6) is -1.31. The highest BCUT2D eigenvalue weighted by molar-refractivity contribution is 6.52. The van der Waals surface area contributed by atoms with Gasteiger partial charge >= 0.3 is 5.97 Å². The monoisotopic (exact) mass is 277 g/mol. The van der Waals surface area contributed by atoms with Crippen molar-refractivity contribution in [3.05, 3.63) is 25.9 Å². The second kappa shape index (κ2) is 5.00. The topological polar surface area (TPSA) is 81.7 Å². The highest BCUT2D eigenvalue weighted by Gasteiger charge is 2.19. The maximum atomic E-state index is 10.5. The van der Waals surface area contributed by atoms with Crippen LogP contribution in [0.2, 0.25) is 20.2 Å². The van der Waals surface area contributed by atoms with Gasteiger partial charge in [0.25, 0.3) is 0 Å². The first kappa shape index (κ1) is 13.7. The number of aromatic carboxylic acids is 1. The van der Waals surface area contributed by atoms with Crippen LogP contribution >= 0.6 is 46.4 Å². The molecule has 78 valence electrons. The van der Waals surface area contributed by atoms with Gasteiger partial charge in [0.15, 0.2) is 5.69 Å². The van der Waals surface area contributed by atoms with Gasteiger partial charge in [-0.05, 0) is 0 Å². The molecule has 0 saturated carbocycles. The number of halogens is 4. The number of carbonyl (C=O) groups is 1. The summed E-state index contributed by atoms with van der Waals surface area (Å²) in [6.07, 6.45) is 0. The third kappa shape index (κ3) is 2.40. The fraction of sp³-hybridized carbons (Fsp3) is 0. The summed E-state index contributed by atoms with van der Waals surface area (Å²) in [7, 11) is 0. The molecule has 0 radical (unpaired) electrons. The average Bonchev–Trinajstić information content (AvgIpc) is 2.07. The highest BCUT2D eigenvalue weighted by atomic mass is 35.5. The lowest BCUT2D eigenvalue weighted by Gasteiger charge is -2.03. The standard InChI is InChI=1S/C6HCl4NO2.H2O/c7-1-2(8)4(6(12)13)11-5(10)3(1)9;/h(H,12,13);1H2. The van der Waals surface area contributed by atoms with Crippen LogP contribution in [-0.4, -0.2) is 21.5 Å². The molecule has 0 saturated heterocycles. The summed E-state index contributed by atoms with van der Waals surface area (Å²) in [6, 6.07) is 0. The van der Waals surface area contributed by atoms with Crippen molar-refractivity contribution in [1.82, 2.24) is 4.98 Å². The Kier molecular flexibility index (Phi) is 4.91. The van der Waals surface area contributed by atoms with Gasteiger partial charge in [-0.1, -0.05) is 46.4 Å². The molecule has 4 nitrogen and oxygen atoms in total. The second-order valence-corrected chi connectivity index (χ2v) is 3.49. The predicted molar refractivity (Wildman–Crippen MR) is 54.9 cm³/mol. The number of hydrogen-bond donors (Lipinski definition) is 1. The summed E-state index contributed by atoms with van der Waals surface area (Å²) >= 11 is 22.2. The van der Waals surface area contributed by atoms with E-state index in [0.29, 0.717) is 0 Å². The van der Waals surface area contributed by atoms with Crippen molar-refractivity contribution in [3.8, 4) is 0 Å². The van der Waals surface area contributed by atoms with E-state index in [1.54, 1.807) is 0 Å². The van der Waals surface area contributed by atoms with Crippen LogP contribution in [0.4, 0.5) is 0 Å². The van der Waals surface area contributed by atoms with Crippen molar-refractivity contribution in [2.45, 2.75) is 0 Å². The lowest BCUT2D eigenvalue weighted by atomic mass is 10.3. The summed E-state index contributed by atoms with van der Waals surface area (Å²) < 4.78 is 0. The van der Waals surface area contributed by atoms with Crippen LogP contribution in [0.25, 0.3) is 0 Å². The van der Waals surface area contributed by atoms with E-state index in [1.165, 1.54) is 0 Å². The molecular formula is C6H3Cl4NO3. The Morgan fingerprint density at radius 1 is 1.07 bits per heavy atom. The minimum atomic E-state index is -1.31. The minimum absolute atomic E-state index is 0. The fourth-order valence-corrected chi connectivity index (χ4v) is 1.44. The molecule has 1 aromatic heterocycles. The molecule has 0 amide bonds. The van der Waals surface area contributed by atoms with Crippen molar-refractivity contribution in [2.24, 2.45) is 0 Å². The van der Waals surface area contributed by atoms with Gasteiger partial charge in [0, 0.05) is 0 Å². The molecule has 0 bridgehead atoms. The van der Waals surface area contributed by atoms with Crippen molar-refractivity contribution in [1.29, 1.82) is 0 Å². The largest absolute Gasteiger partial charge is 0.476 e. The van der Waals surface area contributed by atoms with Crippen LogP contribution in [0.3, 0.4) is 0 Å². The molecule has 0 fully saturated rings. The summed E-state index contributed by atoms with van der Waals surface area (Å²) in [5, 5.41) is 8.03. The van der Waals surface area contributed by atoms with E-state index in [9.17, 15) is 4.79 Å². The predicted octanol–water partition coefficient (Wildman–Crippen LogP) is 2.57. The fourth-order valence-electron chi connectivity index (χ4n) is 0.629. The van der Waals surface area contributed by atoms with Gasteiger partial charge in [-0.15, -0.1) is 0 Å². The highest BCUT2D eigenvalue weighted by Crippen LogP contribution is 2.35. The third-order valence-electron chi connectivity index (χ3n) is 1.19. The van der Waals surface area contributed by atoms with E-state index >= 15 is 0 Å². The van der Waals surface area contributed by atoms with Crippen LogP contribution in [0.15, 0.2) is 0 Å². The van der Waals surface area contributed by atoms with Gasteiger partial charge in [-0.25, -0.2) is 9.78 Å². The van der Waals surface area contributed by atoms with Gasteiger partial charge in [0.2, 0.25) is 0 Å². The Balaban J connectivity index is 0.00000169. The van der Waals surface area contributed by atoms with E-state index in [-0.39, 0.29) is 25.7 Å². The van der Waals surface area contributed by atoms with E-state index in [0.717, 1.165) is 0 Å². The Morgan fingerprint density at radius 2 is 1.57 bits per heavy atom. The van der Waals surface area contributed by atoms with E-state index in [4.69, 9.17) is 51.5 Å². The first-order chi connectivity index (χ1) is 5.95. The molecule has 8 heteroatoms. The SMILES string of the molecule is O.O=C(O)c1nc(Cl)c(Cl)c(Cl)c1Cl. The molecule has 0 spiro atoms. The van der Waals surface area contributed by atoms with Gasteiger partial charge in [0.05, 0.1) is 15.1 Å². The van der Waals surface area contributed by atoms with Crippen molar-refractivity contribution in [3.63, 3.8) is 0 Å². The average molecular weight is 279 g/mol. The van der Waals surface area contributed by atoms with Gasteiger partial charge in [-0.2, -0.15) is 0 Å². The minimum Gasteiger partial charge on any atom is -0.476 e. The third-order valence-corrected chi connectivity index (χ3v) is 2.86. The molecule has 0 aliphatic rings. The smallest absolute Gasteiger partial charge is 0.356 e. The number of carboxylic acid groups (broad SMARTS) is 1. The van der Waals surface area contributed by atoms with Crippen LogP contribution in [0.5, 0.6) is 0 Å². The molecule has 3 N–H and O–H groups in total. The van der Waals surface area contributed by atoms with Crippen molar-refractivity contribution < 1.29 is 15.4 Å². The van der Waals surface area contributed by atoms with Crippen LogP contribution < -0.4 is 0 Å². The summed E-state index contributed by atoms with van der Waals surface area (Å²) in [6.45, 7) is 0. The van der Waals surface area contributed by atoms with Crippen molar-refractivity contribution >= 4 is 52.4 Å². The van der Waals surface area contributed by atoms with E-state index < -0.39 is 11.7 Å². The number of carboxylic acids is 1. The first-order valence-electron chi connectivity index (χ1n) is 2.88. The van der Waals surface area contributed by atoms with Gasteiger partial charge in [-0.3, -0.25) is 0 Å². The van der Waals surface area contributed by atoms with E-state index in [2.05, 4.69) is 4.98 Å².